The molecule has 0 bridgehead atoms. The van der Waals surface area contributed by atoms with Crippen molar-refractivity contribution in [3.8, 4) is 11.5 Å². The molecular formula is C21H24N2O4S. The number of benzene rings is 1. The molecular weight excluding hydrogens is 376 g/mol. The molecule has 1 saturated heterocycles. The van der Waals surface area contributed by atoms with E-state index in [-0.39, 0.29) is 23.5 Å². The van der Waals surface area contributed by atoms with Crippen LogP contribution < -0.4 is 20.1 Å². The van der Waals surface area contributed by atoms with E-state index < -0.39 is 0 Å². The van der Waals surface area contributed by atoms with Crippen LogP contribution in [0.15, 0.2) is 41.1 Å². The van der Waals surface area contributed by atoms with Crippen LogP contribution in [0.1, 0.15) is 31.2 Å². The maximum Gasteiger partial charge on any atom is 0.220 e. The zero-order valence-corrected chi connectivity index (χ0v) is 16.4. The number of nitrogens with one attached hydrogen (secondary N) is 2. The first-order valence-electron chi connectivity index (χ1n) is 9.59. The molecule has 148 valence electrons. The highest BCUT2D eigenvalue weighted by Gasteiger charge is 2.38. The van der Waals surface area contributed by atoms with E-state index in [2.05, 4.69) is 22.1 Å². The zero-order chi connectivity index (χ0) is 19.4. The normalized spacial score (nSPS) is 23.3. The number of fused-ring (bicyclic) bond motifs is 1. The maximum atomic E-state index is 12.4. The van der Waals surface area contributed by atoms with Crippen LogP contribution in [0.25, 0.3) is 0 Å². The molecule has 1 fully saturated rings. The Morgan fingerprint density at radius 3 is 2.89 bits per heavy atom. The Bertz CT molecular complexity index is 839. The first-order chi connectivity index (χ1) is 13.6. The van der Waals surface area contributed by atoms with Gasteiger partial charge < -0.3 is 20.1 Å². The number of rotatable bonds is 7. The van der Waals surface area contributed by atoms with E-state index in [4.69, 9.17) is 9.47 Å². The molecule has 0 aliphatic carbocycles. The summed E-state index contributed by atoms with van der Waals surface area (Å²) in [5.41, 5.74) is 0.887. The quantitative estimate of drug-likeness (QED) is 0.749. The van der Waals surface area contributed by atoms with Gasteiger partial charge in [-0.2, -0.15) is 11.3 Å². The number of carbonyl (C=O) groups excluding carboxylic acids is 2. The second-order valence-corrected chi connectivity index (χ2v) is 8.22. The minimum Gasteiger partial charge on any atom is -0.486 e. The molecule has 28 heavy (non-hydrogen) atoms. The Balaban J connectivity index is 1.27. The van der Waals surface area contributed by atoms with Crippen LogP contribution in [0, 0.1) is 0 Å². The second-order valence-electron chi connectivity index (χ2n) is 7.44. The maximum absolute atomic E-state index is 12.4. The zero-order valence-electron chi connectivity index (χ0n) is 15.6. The lowest BCUT2D eigenvalue weighted by Gasteiger charge is -2.29. The van der Waals surface area contributed by atoms with Crippen LogP contribution >= 0.6 is 11.3 Å². The molecule has 0 radical (unpaired) electrons. The van der Waals surface area contributed by atoms with E-state index in [9.17, 15) is 9.59 Å². The van der Waals surface area contributed by atoms with Crippen molar-refractivity contribution in [2.75, 3.05) is 13.2 Å². The van der Waals surface area contributed by atoms with Crippen molar-refractivity contribution in [1.82, 2.24) is 10.6 Å². The second kappa shape index (κ2) is 8.22. The summed E-state index contributed by atoms with van der Waals surface area (Å²) in [6.07, 6.45) is 2.86. The van der Waals surface area contributed by atoms with E-state index in [1.807, 2.05) is 29.6 Å². The van der Waals surface area contributed by atoms with Crippen molar-refractivity contribution in [1.29, 1.82) is 0 Å². The Morgan fingerprint density at radius 2 is 2.14 bits per heavy atom. The first-order valence-corrected chi connectivity index (χ1v) is 10.5. The monoisotopic (exact) mass is 400 g/mol. The van der Waals surface area contributed by atoms with Crippen molar-refractivity contribution < 1.29 is 19.1 Å². The van der Waals surface area contributed by atoms with Gasteiger partial charge in [0.25, 0.3) is 0 Å². The van der Waals surface area contributed by atoms with Crippen LogP contribution in [0.2, 0.25) is 0 Å². The summed E-state index contributed by atoms with van der Waals surface area (Å²) in [5, 5.41) is 10.2. The van der Waals surface area contributed by atoms with Gasteiger partial charge in [-0.25, -0.2) is 0 Å². The predicted octanol–water partition coefficient (Wildman–Crippen LogP) is 2.68. The summed E-state index contributed by atoms with van der Waals surface area (Å²) in [6.45, 7) is 0.812. The van der Waals surface area contributed by atoms with Gasteiger partial charge in [-0.3, -0.25) is 9.59 Å². The fourth-order valence-corrected chi connectivity index (χ4v) is 4.47. The molecule has 2 atom stereocenters. The van der Waals surface area contributed by atoms with E-state index in [0.717, 1.165) is 18.6 Å². The van der Waals surface area contributed by atoms with E-state index in [1.54, 1.807) is 11.3 Å². The van der Waals surface area contributed by atoms with Crippen LogP contribution in [0.4, 0.5) is 0 Å². The molecule has 1 aromatic carbocycles. The molecule has 2 aliphatic heterocycles. The molecule has 6 nitrogen and oxygen atoms in total. The summed E-state index contributed by atoms with van der Waals surface area (Å²) in [5.74, 6) is 1.48. The minimum absolute atomic E-state index is 0.0340. The standard InChI is InChI=1S/C21H24N2O4S/c24-19(22-12-16-13-26-17-3-1-2-4-18(17)27-16)5-8-21(9-6-20(25)23-21)11-15-7-10-28-14-15/h1-4,7,10,14,16H,5-6,8-9,11-13H2,(H,22,24)(H,23,25). The van der Waals surface area contributed by atoms with Gasteiger partial charge in [0.2, 0.25) is 11.8 Å². The summed E-state index contributed by atoms with van der Waals surface area (Å²) in [4.78, 5) is 24.2. The Kier molecular flexibility index (Phi) is 5.52. The lowest BCUT2D eigenvalue weighted by molar-refractivity contribution is -0.123. The smallest absolute Gasteiger partial charge is 0.220 e. The third-order valence-corrected chi connectivity index (χ3v) is 6.01. The van der Waals surface area contributed by atoms with Crippen molar-refractivity contribution in [2.45, 2.75) is 43.7 Å². The van der Waals surface area contributed by atoms with Gasteiger partial charge in [-0.15, -0.1) is 0 Å². The number of thiophene rings is 1. The van der Waals surface area contributed by atoms with Gasteiger partial charge in [-0.05, 0) is 53.8 Å². The predicted molar refractivity (Wildman–Crippen MR) is 107 cm³/mol. The Labute approximate surface area is 168 Å². The van der Waals surface area contributed by atoms with Gasteiger partial charge in [0.05, 0.1) is 6.54 Å². The lowest BCUT2D eigenvalue weighted by Crippen LogP contribution is -2.45. The van der Waals surface area contributed by atoms with Crippen LogP contribution in [0.3, 0.4) is 0 Å². The third kappa shape index (κ3) is 4.47. The van der Waals surface area contributed by atoms with Crippen molar-refractivity contribution in [2.24, 2.45) is 0 Å². The summed E-state index contributed by atoms with van der Waals surface area (Å²) < 4.78 is 11.5. The van der Waals surface area contributed by atoms with Gasteiger partial charge in [0.15, 0.2) is 11.5 Å². The fraction of sp³-hybridized carbons (Fsp3) is 0.429. The average Bonchev–Trinajstić information content (AvgIpc) is 3.35. The van der Waals surface area contributed by atoms with Crippen LogP contribution in [0.5, 0.6) is 11.5 Å². The number of ether oxygens (including phenoxy) is 2. The highest BCUT2D eigenvalue weighted by atomic mass is 32.1. The fourth-order valence-electron chi connectivity index (χ4n) is 3.80. The largest absolute Gasteiger partial charge is 0.486 e. The number of carbonyl (C=O) groups is 2. The van der Waals surface area contributed by atoms with Crippen molar-refractivity contribution >= 4 is 23.2 Å². The highest BCUT2D eigenvalue weighted by Crippen LogP contribution is 2.31. The van der Waals surface area contributed by atoms with Gasteiger partial charge >= 0.3 is 0 Å². The topological polar surface area (TPSA) is 76.7 Å². The lowest BCUT2D eigenvalue weighted by atomic mass is 9.85. The van der Waals surface area contributed by atoms with Crippen LogP contribution in [-0.4, -0.2) is 36.6 Å². The first kappa shape index (κ1) is 18.8. The van der Waals surface area contributed by atoms with Crippen molar-refractivity contribution in [3.63, 3.8) is 0 Å². The van der Waals surface area contributed by atoms with Gasteiger partial charge in [0.1, 0.15) is 12.7 Å². The van der Waals surface area contributed by atoms with E-state index in [1.165, 1.54) is 5.56 Å². The molecule has 7 heteroatoms. The van der Waals surface area contributed by atoms with Gasteiger partial charge in [-0.1, -0.05) is 12.1 Å². The Hall–Kier alpha value is -2.54. The van der Waals surface area contributed by atoms with E-state index in [0.29, 0.717) is 38.2 Å². The Morgan fingerprint density at radius 1 is 1.29 bits per heavy atom. The molecule has 2 unspecified atom stereocenters. The molecule has 3 heterocycles. The summed E-state index contributed by atoms with van der Waals surface area (Å²) in [7, 11) is 0. The number of hydrogen-bond acceptors (Lipinski definition) is 5. The number of hydrogen-bond donors (Lipinski definition) is 2. The molecule has 2 aliphatic rings. The SMILES string of the molecule is O=C(CCC1(Cc2ccsc2)CCC(=O)N1)NCC1COc2ccccc2O1. The summed E-state index contributed by atoms with van der Waals surface area (Å²) >= 11 is 1.65. The minimum atomic E-state index is -0.321. The number of amides is 2. The van der Waals surface area contributed by atoms with Gasteiger partial charge in [0, 0.05) is 18.4 Å². The number of para-hydroxylation sites is 2. The highest BCUT2D eigenvalue weighted by molar-refractivity contribution is 7.07. The molecule has 2 N–H and O–H groups in total. The van der Waals surface area contributed by atoms with E-state index >= 15 is 0 Å². The molecule has 1 aromatic heterocycles. The molecule has 0 saturated carbocycles. The molecule has 0 spiro atoms. The third-order valence-electron chi connectivity index (χ3n) is 5.28. The van der Waals surface area contributed by atoms with Crippen molar-refractivity contribution in [3.05, 3.63) is 46.7 Å². The molecule has 2 amide bonds. The molecule has 2 aromatic rings. The summed E-state index contributed by atoms with van der Waals surface area (Å²) in [6, 6.07) is 9.60. The average molecular weight is 401 g/mol. The molecule has 4 rings (SSSR count). The van der Waals surface area contributed by atoms with Crippen LogP contribution in [-0.2, 0) is 16.0 Å².